The maximum absolute atomic E-state index is 12.2. The van der Waals surface area contributed by atoms with Crippen LogP contribution in [0.15, 0.2) is 59.4 Å². The Balaban J connectivity index is 1.99. The van der Waals surface area contributed by atoms with Gasteiger partial charge < -0.3 is 14.4 Å². The van der Waals surface area contributed by atoms with E-state index in [0.29, 0.717) is 12.1 Å². The van der Waals surface area contributed by atoms with Crippen molar-refractivity contribution in [1.82, 2.24) is 4.98 Å². The Morgan fingerprint density at radius 3 is 2.54 bits per heavy atom. The zero-order valence-corrected chi connectivity index (χ0v) is 14.1. The monoisotopic (exact) mass is 343 g/mol. The topological polar surface area (TPSA) is 79.4 Å². The number of fused-ring (bicyclic) bond motifs is 1. The Bertz CT molecular complexity index is 980. The molecule has 5 nitrogen and oxygen atoms in total. The fourth-order valence-corrected chi connectivity index (χ4v) is 3.64. The number of benzene rings is 2. The first kappa shape index (κ1) is 16.7. The van der Waals surface area contributed by atoms with Crippen LogP contribution in [0.4, 0.5) is 0 Å². The highest BCUT2D eigenvalue weighted by Gasteiger charge is 2.26. The first-order chi connectivity index (χ1) is 11.5. The van der Waals surface area contributed by atoms with Crippen molar-refractivity contribution < 1.29 is 14.0 Å². The molecule has 2 aromatic carbocycles. The van der Waals surface area contributed by atoms with Gasteiger partial charge in [-0.1, -0.05) is 43.3 Å². The molecule has 1 unspecified atom stereocenters. The summed E-state index contributed by atoms with van der Waals surface area (Å²) < 4.78 is 17.1. The number of aromatic amines is 1. The van der Waals surface area contributed by atoms with E-state index in [2.05, 4.69) is 4.98 Å². The predicted molar refractivity (Wildman–Crippen MR) is 95.7 cm³/mol. The Morgan fingerprint density at radius 1 is 1.08 bits per heavy atom. The zero-order chi connectivity index (χ0) is 17.2. The molecule has 3 rings (SSSR count). The summed E-state index contributed by atoms with van der Waals surface area (Å²) in [6.45, 7) is 1.95. The van der Waals surface area contributed by atoms with E-state index in [-0.39, 0.29) is 11.9 Å². The second-order valence-electron chi connectivity index (χ2n) is 5.50. The molecular formula is C18H18NO4P. The summed E-state index contributed by atoms with van der Waals surface area (Å²) in [4.78, 5) is 24.8. The van der Waals surface area contributed by atoms with Crippen molar-refractivity contribution in [2.24, 2.45) is 0 Å². The minimum atomic E-state index is -4.09. The smallest absolute Gasteiger partial charge is 0.321 e. The Labute approximate surface area is 139 Å². The number of hydrogen-bond donors (Lipinski definition) is 2. The summed E-state index contributed by atoms with van der Waals surface area (Å²) in [5, 5.41) is 1.92. The lowest BCUT2D eigenvalue weighted by Gasteiger charge is -2.11. The molecule has 0 radical (unpaired) electrons. The summed E-state index contributed by atoms with van der Waals surface area (Å²) in [6.07, 6.45) is 0.595. The molecule has 124 valence electrons. The van der Waals surface area contributed by atoms with Crippen LogP contribution in [0.5, 0.6) is 0 Å². The van der Waals surface area contributed by atoms with Crippen LogP contribution in [-0.2, 0) is 9.09 Å². The summed E-state index contributed by atoms with van der Waals surface area (Å²) >= 11 is 0. The van der Waals surface area contributed by atoms with Crippen molar-refractivity contribution in [2.45, 2.75) is 13.3 Å². The van der Waals surface area contributed by atoms with E-state index in [1.165, 1.54) is 6.07 Å². The van der Waals surface area contributed by atoms with Gasteiger partial charge in [-0.2, -0.15) is 0 Å². The molecule has 6 heteroatoms. The molecule has 0 aliphatic rings. The third kappa shape index (κ3) is 3.34. The van der Waals surface area contributed by atoms with Crippen molar-refractivity contribution in [3.05, 3.63) is 65.0 Å². The quantitative estimate of drug-likeness (QED) is 0.696. The lowest BCUT2D eigenvalue weighted by atomic mass is 10.0. The van der Waals surface area contributed by atoms with E-state index in [9.17, 15) is 14.3 Å². The molecule has 0 saturated heterocycles. The normalized spacial score (nSPS) is 13.8. The average Bonchev–Trinajstić information content (AvgIpc) is 2.59. The highest BCUT2D eigenvalue weighted by molar-refractivity contribution is 7.61. The lowest BCUT2D eigenvalue weighted by molar-refractivity contribution is 0.269. The molecule has 24 heavy (non-hydrogen) atoms. The van der Waals surface area contributed by atoms with Crippen LogP contribution < -0.4 is 10.9 Å². The van der Waals surface area contributed by atoms with Crippen LogP contribution >= 0.6 is 7.60 Å². The molecular weight excluding hydrogens is 325 g/mol. The molecule has 3 aromatic rings. The van der Waals surface area contributed by atoms with Crippen molar-refractivity contribution in [1.29, 1.82) is 0 Å². The molecule has 0 saturated carbocycles. The van der Waals surface area contributed by atoms with Crippen LogP contribution in [0, 0.1) is 0 Å². The van der Waals surface area contributed by atoms with E-state index in [4.69, 9.17) is 4.52 Å². The van der Waals surface area contributed by atoms with Gasteiger partial charge in [-0.05, 0) is 41.0 Å². The van der Waals surface area contributed by atoms with Crippen LogP contribution in [0.25, 0.3) is 22.0 Å². The van der Waals surface area contributed by atoms with Crippen molar-refractivity contribution in [2.75, 3.05) is 6.61 Å². The third-order valence-electron chi connectivity index (χ3n) is 3.72. The second kappa shape index (κ2) is 6.73. The van der Waals surface area contributed by atoms with Gasteiger partial charge in [0, 0.05) is 5.69 Å². The number of aromatic nitrogens is 1. The lowest BCUT2D eigenvalue weighted by Crippen LogP contribution is -2.28. The highest BCUT2D eigenvalue weighted by Crippen LogP contribution is 2.39. The highest BCUT2D eigenvalue weighted by atomic mass is 31.2. The fourth-order valence-electron chi connectivity index (χ4n) is 2.50. The zero-order valence-electron chi connectivity index (χ0n) is 13.2. The molecule has 0 fully saturated rings. The Hall–Kier alpha value is -2.20. The largest absolute Gasteiger partial charge is 0.364 e. The van der Waals surface area contributed by atoms with Gasteiger partial charge in [0.2, 0.25) is 0 Å². The van der Waals surface area contributed by atoms with Gasteiger partial charge >= 0.3 is 7.60 Å². The van der Waals surface area contributed by atoms with Gasteiger partial charge in [0.25, 0.3) is 5.56 Å². The van der Waals surface area contributed by atoms with E-state index in [1.807, 2.05) is 49.4 Å². The molecule has 0 amide bonds. The minimum absolute atomic E-state index is 0.125. The van der Waals surface area contributed by atoms with Crippen LogP contribution in [0.3, 0.4) is 0 Å². The minimum Gasteiger partial charge on any atom is -0.321 e. The molecule has 2 N–H and O–H groups in total. The van der Waals surface area contributed by atoms with Gasteiger partial charge in [0.1, 0.15) is 5.30 Å². The number of hydrogen-bond acceptors (Lipinski definition) is 3. The van der Waals surface area contributed by atoms with Crippen LogP contribution in [0.2, 0.25) is 0 Å². The third-order valence-corrected chi connectivity index (χ3v) is 5.22. The summed E-state index contributed by atoms with van der Waals surface area (Å²) in [5.41, 5.74) is 0.812. The van der Waals surface area contributed by atoms with Gasteiger partial charge in [0.15, 0.2) is 0 Å². The maximum atomic E-state index is 12.2. The molecule has 1 aromatic heterocycles. The first-order valence-electron chi connectivity index (χ1n) is 7.71. The molecule has 0 aliphatic heterocycles. The molecule has 0 bridgehead atoms. The first-order valence-corrected chi connectivity index (χ1v) is 9.29. The van der Waals surface area contributed by atoms with Crippen LogP contribution in [-0.4, -0.2) is 16.5 Å². The predicted octanol–water partition coefficient (Wildman–Crippen LogP) is 3.43. The molecule has 1 atom stereocenters. The second-order valence-corrected chi connectivity index (χ2v) is 7.28. The molecule has 1 heterocycles. The average molecular weight is 343 g/mol. The molecule has 0 aliphatic carbocycles. The summed E-state index contributed by atoms with van der Waals surface area (Å²) in [6, 6.07) is 16.7. The van der Waals surface area contributed by atoms with Gasteiger partial charge in [-0.15, -0.1) is 0 Å². The number of rotatable bonds is 5. The van der Waals surface area contributed by atoms with E-state index in [0.717, 1.165) is 16.3 Å². The van der Waals surface area contributed by atoms with Crippen molar-refractivity contribution >= 4 is 23.7 Å². The van der Waals surface area contributed by atoms with Crippen molar-refractivity contribution in [3.8, 4) is 11.3 Å². The molecule has 0 spiro atoms. The Kier molecular flexibility index (Phi) is 4.67. The van der Waals surface area contributed by atoms with Gasteiger partial charge in [-0.25, -0.2) is 0 Å². The number of H-pyrrole nitrogens is 1. The van der Waals surface area contributed by atoms with Gasteiger partial charge in [-0.3, -0.25) is 9.36 Å². The van der Waals surface area contributed by atoms with Crippen molar-refractivity contribution in [3.63, 3.8) is 0 Å². The van der Waals surface area contributed by atoms with Crippen LogP contribution in [0.1, 0.15) is 13.3 Å². The van der Waals surface area contributed by atoms with E-state index in [1.54, 1.807) is 6.07 Å². The Morgan fingerprint density at radius 2 is 1.83 bits per heavy atom. The van der Waals surface area contributed by atoms with E-state index < -0.39 is 13.2 Å². The standard InChI is InChI=1S/C18H18NO4P/c1-2-11-23-24(21,22)17-10-9-16(19-18(17)20)15-8-7-13-5-3-4-6-14(13)12-15/h3-10,12H,2,11H2,1H3,(H,19,20)(H,21,22). The summed E-state index contributed by atoms with van der Waals surface area (Å²) in [5.74, 6) is 0. The fraction of sp³-hybridized carbons (Fsp3) is 0.167. The van der Waals surface area contributed by atoms with Gasteiger partial charge in [0.05, 0.1) is 6.61 Å². The summed E-state index contributed by atoms with van der Waals surface area (Å²) in [7, 11) is -4.09. The maximum Gasteiger partial charge on any atom is 0.364 e. The number of pyridine rings is 1. The number of nitrogens with one attached hydrogen (secondary N) is 1. The van der Waals surface area contributed by atoms with E-state index >= 15 is 0 Å². The SMILES string of the molecule is CCCOP(=O)(O)c1ccc(-c2ccc3ccccc3c2)[nH]c1=O.